The van der Waals surface area contributed by atoms with Crippen LogP contribution in [-0.2, 0) is 10.2 Å². The Morgan fingerprint density at radius 3 is 2.71 bits per heavy atom. The van der Waals surface area contributed by atoms with Gasteiger partial charge in [-0.1, -0.05) is 62.4 Å². The second-order valence-electron chi connectivity index (χ2n) is 7.20. The summed E-state index contributed by atoms with van der Waals surface area (Å²) in [6.45, 7) is 8.93. The average Bonchev–Trinajstić information content (AvgIpc) is 3.14. The molecule has 1 aliphatic heterocycles. The standard InChI is InChI=1S/C18H22N4OS/c1-18(2,3)15-12-22-16(19-15)24-17(20-22)21-9-10-23-14(11-21)13-7-5-4-6-8-13/h4-8,12,14H,9-11H2,1-3H3/t14-/m0/s1. The summed E-state index contributed by atoms with van der Waals surface area (Å²) in [7, 11) is 0. The average molecular weight is 342 g/mol. The van der Waals surface area contributed by atoms with Gasteiger partial charge in [-0.05, 0) is 5.56 Å². The number of aromatic nitrogens is 3. The van der Waals surface area contributed by atoms with Crippen LogP contribution in [0.4, 0.5) is 5.13 Å². The molecule has 126 valence electrons. The molecule has 0 aliphatic carbocycles. The Labute approximate surface area is 145 Å². The Morgan fingerprint density at radius 2 is 2.00 bits per heavy atom. The van der Waals surface area contributed by atoms with Crippen LogP contribution in [0.3, 0.4) is 0 Å². The Kier molecular flexibility index (Phi) is 3.81. The zero-order chi connectivity index (χ0) is 16.7. The number of morpholine rings is 1. The highest BCUT2D eigenvalue weighted by Gasteiger charge is 2.25. The molecule has 2 aromatic heterocycles. The van der Waals surface area contributed by atoms with Gasteiger partial charge < -0.3 is 9.64 Å². The third-order valence-corrected chi connectivity index (χ3v) is 5.29. The number of benzene rings is 1. The Bertz CT molecular complexity index is 802. The summed E-state index contributed by atoms with van der Waals surface area (Å²) in [6.07, 6.45) is 2.14. The van der Waals surface area contributed by atoms with E-state index >= 15 is 0 Å². The van der Waals surface area contributed by atoms with E-state index in [1.54, 1.807) is 11.3 Å². The van der Waals surface area contributed by atoms with Crippen LogP contribution in [0.15, 0.2) is 36.5 Å². The Hall–Kier alpha value is -1.92. The monoisotopic (exact) mass is 342 g/mol. The number of imidazole rings is 1. The van der Waals surface area contributed by atoms with Crippen LogP contribution < -0.4 is 4.90 Å². The SMILES string of the molecule is CC(C)(C)c1cn2nc(N3CCO[C@H](c4ccccc4)C3)sc2n1. The number of nitrogens with zero attached hydrogens (tertiary/aromatic N) is 4. The molecule has 1 aromatic carbocycles. The molecule has 0 saturated carbocycles. The minimum Gasteiger partial charge on any atom is -0.370 e. The molecular weight excluding hydrogens is 320 g/mol. The quantitative estimate of drug-likeness (QED) is 0.713. The smallest absolute Gasteiger partial charge is 0.214 e. The number of hydrogen-bond donors (Lipinski definition) is 0. The van der Waals surface area contributed by atoms with Gasteiger partial charge in [0.1, 0.15) is 6.10 Å². The lowest BCUT2D eigenvalue weighted by Crippen LogP contribution is -2.38. The molecule has 0 radical (unpaired) electrons. The zero-order valence-electron chi connectivity index (χ0n) is 14.3. The van der Waals surface area contributed by atoms with Crippen molar-refractivity contribution >= 4 is 21.4 Å². The van der Waals surface area contributed by atoms with Gasteiger partial charge in [0.15, 0.2) is 0 Å². The molecule has 1 aliphatic rings. The number of fused-ring (bicyclic) bond motifs is 1. The van der Waals surface area contributed by atoms with Gasteiger partial charge in [0.2, 0.25) is 10.1 Å². The normalized spacial score (nSPS) is 19.1. The van der Waals surface area contributed by atoms with Crippen LogP contribution in [0.5, 0.6) is 0 Å². The molecule has 1 fully saturated rings. The second-order valence-corrected chi connectivity index (χ2v) is 8.14. The lowest BCUT2D eigenvalue weighted by Gasteiger charge is -2.32. The van der Waals surface area contributed by atoms with Crippen molar-refractivity contribution in [1.82, 2.24) is 14.6 Å². The van der Waals surface area contributed by atoms with Crippen molar-refractivity contribution in [2.24, 2.45) is 0 Å². The maximum Gasteiger partial charge on any atom is 0.214 e. The van der Waals surface area contributed by atoms with E-state index in [-0.39, 0.29) is 11.5 Å². The maximum absolute atomic E-state index is 5.95. The summed E-state index contributed by atoms with van der Waals surface area (Å²) >= 11 is 1.65. The summed E-state index contributed by atoms with van der Waals surface area (Å²) in [5.74, 6) is 0. The number of hydrogen-bond acceptors (Lipinski definition) is 5. The molecule has 5 nitrogen and oxygen atoms in total. The van der Waals surface area contributed by atoms with E-state index in [2.05, 4.69) is 49.9 Å². The zero-order valence-corrected chi connectivity index (χ0v) is 15.1. The van der Waals surface area contributed by atoms with E-state index in [0.717, 1.165) is 28.9 Å². The molecule has 0 N–H and O–H groups in total. The Balaban J connectivity index is 1.57. The van der Waals surface area contributed by atoms with Crippen molar-refractivity contribution in [2.45, 2.75) is 32.3 Å². The van der Waals surface area contributed by atoms with Crippen LogP contribution in [-0.4, -0.2) is 34.3 Å². The molecule has 3 heterocycles. The molecule has 24 heavy (non-hydrogen) atoms. The topological polar surface area (TPSA) is 42.7 Å². The van der Waals surface area contributed by atoms with Gasteiger partial charge in [-0.25, -0.2) is 9.50 Å². The first-order chi connectivity index (χ1) is 11.5. The van der Waals surface area contributed by atoms with Crippen molar-refractivity contribution in [2.75, 3.05) is 24.6 Å². The van der Waals surface area contributed by atoms with Gasteiger partial charge in [0, 0.05) is 12.0 Å². The first kappa shape index (κ1) is 15.6. The van der Waals surface area contributed by atoms with Crippen LogP contribution in [0.2, 0.25) is 0 Å². The van der Waals surface area contributed by atoms with Gasteiger partial charge in [-0.3, -0.25) is 0 Å². The minimum atomic E-state index is 0.0466. The predicted molar refractivity (Wildman–Crippen MR) is 96.9 cm³/mol. The fourth-order valence-corrected chi connectivity index (χ4v) is 3.79. The second kappa shape index (κ2) is 5.86. The van der Waals surface area contributed by atoms with Crippen molar-refractivity contribution in [3.05, 3.63) is 47.8 Å². The van der Waals surface area contributed by atoms with E-state index in [0.29, 0.717) is 6.61 Å². The van der Waals surface area contributed by atoms with E-state index in [1.165, 1.54) is 5.56 Å². The van der Waals surface area contributed by atoms with Crippen molar-refractivity contribution < 1.29 is 4.74 Å². The first-order valence-corrected chi connectivity index (χ1v) is 9.10. The molecule has 0 bridgehead atoms. The van der Waals surface area contributed by atoms with Crippen molar-refractivity contribution in [3.8, 4) is 0 Å². The minimum absolute atomic E-state index is 0.0466. The van der Waals surface area contributed by atoms with Crippen molar-refractivity contribution in [1.29, 1.82) is 0 Å². The molecule has 0 unspecified atom stereocenters. The maximum atomic E-state index is 5.95. The van der Waals surface area contributed by atoms with Gasteiger partial charge in [-0.2, -0.15) is 0 Å². The lowest BCUT2D eigenvalue weighted by atomic mass is 9.93. The molecular formula is C18H22N4OS. The summed E-state index contributed by atoms with van der Waals surface area (Å²) in [5.41, 5.74) is 2.35. The third-order valence-electron chi connectivity index (χ3n) is 4.31. The first-order valence-electron chi connectivity index (χ1n) is 8.29. The summed E-state index contributed by atoms with van der Waals surface area (Å²) in [4.78, 5) is 8.00. The largest absolute Gasteiger partial charge is 0.370 e. The van der Waals surface area contributed by atoms with Gasteiger partial charge in [0.25, 0.3) is 0 Å². The highest BCUT2D eigenvalue weighted by atomic mass is 32.1. The van der Waals surface area contributed by atoms with E-state index < -0.39 is 0 Å². The highest BCUT2D eigenvalue weighted by molar-refractivity contribution is 7.20. The molecule has 0 amide bonds. The molecule has 4 rings (SSSR count). The van der Waals surface area contributed by atoms with Crippen LogP contribution >= 0.6 is 11.3 Å². The van der Waals surface area contributed by atoms with Crippen LogP contribution in [0.1, 0.15) is 38.1 Å². The van der Waals surface area contributed by atoms with Crippen LogP contribution in [0.25, 0.3) is 4.96 Å². The van der Waals surface area contributed by atoms with E-state index in [1.807, 2.05) is 16.8 Å². The highest BCUT2D eigenvalue weighted by Crippen LogP contribution is 2.30. The molecule has 0 spiro atoms. The van der Waals surface area contributed by atoms with Crippen LogP contribution in [0, 0.1) is 0 Å². The summed E-state index contributed by atoms with van der Waals surface area (Å²) in [6, 6.07) is 10.4. The number of rotatable bonds is 2. The molecule has 1 atom stereocenters. The van der Waals surface area contributed by atoms with Gasteiger partial charge in [-0.15, -0.1) is 5.10 Å². The predicted octanol–water partition coefficient (Wildman–Crippen LogP) is 3.67. The number of anilines is 1. The lowest BCUT2D eigenvalue weighted by molar-refractivity contribution is 0.0397. The Morgan fingerprint density at radius 1 is 1.21 bits per heavy atom. The van der Waals surface area contributed by atoms with Gasteiger partial charge in [0.05, 0.1) is 25.0 Å². The third kappa shape index (κ3) is 2.91. The summed E-state index contributed by atoms with van der Waals surface area (Å²) in [5, 5.41) is 5.76. The molecule has 1 saturated heterocycles. The van der Waals surface area contributed by atoms with Gasteiger partial charge >= 0.3 is 0 Å². The molecule has 3 aromatic rings. The summed E-state index contributed by atoms with van der Waals surface area (Å²) < 4.78 is 7.86. The van der Waals surface area contributed by atoms with E-state index in [9.17, 15) is 0 Å². The van der Waals surface area contributed by atoms with E-state index in [4.69, 9.17) is 14.8 Å². The molecule has 6 heteroatoms. The number of ether oxygens (including phenoxy) is 1. The fourth-order valence-electron chi connectivity index (χ4n) is 2.87. The fraction of sp³-hybridized carbons (Fsp3) is 0.444. The van der Waals surface area contributed by atoms with Crippen molar-refractivity contribution in [3.63, 3.8) is 0 Å².